The molecule has 1 aromatic rings. The summed E-state index contributed by atoms with van der Waals surface area (Å²) >= 11 is 0. The molecule has 9 atom stereocenters. The van der Waals surface area contributed by atoms with Crippen molar-refractivity contribution in [2.45, 2.75) is 142 Å². The molecule has 2 heterocycles. The topological polar surface area (TPSA) is 134 Å². The van der Waals surface area contributed by atoms with Gasteiger partial charge in [-0.3, -0.25) is 24.0 Å². The van der Waals surface area contributed by atoms with Gasteiger partial charge in [0.2, 0.25) is 17.7 Å². The van der Waals surface area contributed by atoms with Gasteiger partial charge in [-0.05, 0) is 76.3 Å². The Hall–Kier alpha value is -3.15. The van der Waals surface area contributed by atoms with Gasteiger partial charge in [-0.1, -0.05) is 71.4 Å². The number of methoxy groups -OCH3 is 2. The van der Waals surface area contributed by atoms with Crippen LogP contribution in [0.2, 0.25) is 0 Å². The van der Waals surface area contributed by atoms with Gasteiger partial charge >= 0.3 is 0 Å². The number of Topliss-reactive ketones (excluding diaryl/α,β-unsaturated/α-hetero) is 2. The number of amides is 3. The summed E-state index contributed by atoms with van der Waals surface area (Å²) < 4.78 is 12.0. The molecule has 0 saturated carbocycles. The third-order valence-electron chi connectivity index (χ3n) is 12.1. The zero-order valence-electron chi connectivity index (χ0n) is 34.1. The average Bonchev–Trinajstić information content (AvgIpc) is 3.63. The standard InChI is InChI=1S/C42H68N4O7/c1-11-28(4)38(45(8)41(51)32(27(2)3)25-36(48)42(7)21-15-16-22-43-42)35(52-9)26-37(49)46-23-17-20-34(46)39(53-10)29(5)40(50)44-33(30(6)47)24-31-18-13-12-14-19-31/h12-14,18-19,27-29,32-35,38-39,43H,11,15-17,20-26H2,1-10H3,(H,44,50). The average molecular weight is 741 g/mol. The predicted octanol–water partition coefficient (Wildman–Crippen LogP) is 4.99. The highest BCUT2D eigenvalue weighted by Crippen LogP contribution is 2.32. The van der Waals surface area contributed by atoms with E-state index < -0.39 is 41.7 Å². The number of hydrogen-bond acceptors (Lipinski definition) is 8. The SMILES string of the molecule is CCC(C)C(C(CC(=O)N1CCCC1C(OC)C(C)C(=O)NC(Cc1ccccc1)C(C)=O)OC)N(C)C(=O)C(CC(=O)C1(C)CCCCN1)C(C)C. The Morgan fingerprint density at radius 3 is 2.23 bits per heavy atom. The van der Waals surface area contributed by atoms with Crippen molar-refractivity contribution in [3.63, 3.8) is 0 Å². The van der Waals surface area contributed by atoms with E-state index in [0.717, 1.165) is 44.2 Å². The Morgan fingerprint density at radius 1 is 1.00 bits per heavy atom. The fraction of sp³-hybridized carbons (Fsp3) is 0.738. The zero-order chi connectivity index (χ0) is 39.5. The molecule has 3 amide bonds. The number of ketones is 2. The van der Waals surface area contributed by atoms with Crippen molar-refractivity contribution in [1.29, 1.82) is 0 Å². The summed E-state index contributed by atoms with van der Waals surface area (Å²) in [5.41, 5.74) is 0.329. The number of nitrogens with zero attached hydrogens (tertiary/aromatic N) is 2. The number of likely N-dealkylation sites (tertiary alicyclic amines) is 1. The van der Waals surface area contributed by atoms with Crippen LogP contribution in [0.5, 0.6) is 0 Å². The van der Waals surface area contributed by atoms with E-state index in [9.17, 15) is 24.0 Å². The van der Waals surface area contributed by atoms with E-state index >= 15 is 0 Å². The fourth-order valence-electron chi connectivity index (χ4n) is 8.34. The summed E-state index contributed by atoms with van der Waals surface area (Å²) in [5, 5.41) is 6.34. The molecule has 0 spiro atoms. The summed E-state index contributed by atoms with van der Waals surface area (Å²) in [5.74, 6) is -1.77. The van der Waals surface area contributed by atoms with Crippen LogP contribution in [0.15, 0.2) is 30.3 Å². The third-order valence-corrected chi connectivity index (χ3v) is 12.1. The highest BCUT2D eigenvalue weighted by molar-refractivity contribution is 5.92. The van der Waals surface area contributed by atoms with E-state index in [1.165, 1.54) is 6.92 Å². The van der Waals surface area contributed by atoms with E-state index in [0.29, 0.717) is 19.4 Å². The van der Waals surface area contributed by atoms with Crippen molar-refractivity contribution in [2.75, 3.05) is 34.4 Å². The lowest BCUT2D eigenvalue weighted by atomic mass is 9.79. The number of carbonyl (C=O) groups is 5. The van der Waals surface area contributed by atoms with E-state index in [2.05, 4.69) is 24.5 Å². The maximum absolute atomic E-state index is 14.3. The molecule has 1 aromatic carbocycles. The second kappa shape index (κ2) is 20.5. The Balaban J connectivity index is 1.76. The van der Waals surface area contributed by atoms with Crippen molar-refractivity contribution in [1.82, 2.24) is 20.4 Å². The lowest BCUT2D eigenvalue weighted by Gasteiger charge is -2.41. The zero-order valence-corrected chi connectivity index (χ0v) is 34.1. The minimum atomic E-state index is -0.675. The molecule has 53 heavy (non-hydrogen) atoms. The molecule has 2 fully saturated rings. The summed E-state index contributed by atoms with van der Waals surface area (Å²) in [6, 6.07) is 8.15. The number of nitrogens with one attached hydrogen (secondary N) is 2. The molecule has 2 N–H and O–H groups in total. The number of rotatable bonds is 20. The number of benzene rings is 1. The predicted molar refractivity (Wildman–Crippen MR) is 207 cm³/mol. The molecule has 11 heteroatoms. The third kappa shape index (κ3) is 11.4. The minimum Gasteiger partial charge on any atom is -0.379 e. The molecule has 0 aliphatic carbocycles. The number of carbonyl (C=O) groups excluding carboxylic acids is 5. The van der Waals surface area contributed by atoms with Crippen molar-refractivity contribution in [3.05, 3.63) is 35.9 Å². The summed E-state index contributed by atoms with van der Waals surface area (Å²) in [6.45, 7) is 14.6. The molecule has 0 radical (unpaired) electrons. The van der Waals surface area contributed by atoms with Crippen LogP contribution in [-0.4, -0.2) is 109 Å². The van der Waals surface area contributed by atoms with Crippen molar-refractivity contribution in [2.24, 2.45) is 23.7 Å². The first-order valence-corrected chi connectivity index (χ1v) is 19.8. The van der Waals surface area contributed by atoms with Crippen LogP contribution in [0.4, 0.5) is 0 Å². The first kappa shape index (κ1) is 44.2. The molecule has 298 valence electrons. The monoisotopic (exact) mass is 741 g/mol. The first-order valence-electron chi connectivity index (χ1n) is 19.8. The van der Waals surface area contributed by atoms with Gasteiger partial charge in [0, 0.05) is 40.2 Å². The quantitative estimate of drug-likeness (QED) is 0.191. The van der Waals surface area contributed by atoms with Gasteiger partial charge in [0.25, 0.3) is 0 Å². The van der Waals surface area contributed by atoms with Gasteiger partial charge in [-0.15, -0.1) is 0 Å². The normalized spacial score (nSPS) is 23.0. The van der Waals surface area contributed by atoms with Crippen LogP contribution in [-0.2, 0) is 39.9 Å². The number of piperidine rings is 1. The van der Waals surface area contributed by atoms with Gasteiger partial charge in [0.05, 0.1) is 48.2 Å². The highest BCUT2D eigenvalue weighted by atomic mass is 16.5. The molecule has 2 saturated heterocycles. The second-order valence-corrected chi connectivity index (χ2v) is 16.1. The summed E-state index contributed by atoms with van der Waals surface area (Å²) in [6.07, 6.45) is 4.40. The maximum atomic E-state index is 14.3. The Bertz CT molecular complexity index is 1360. The van der Waals surface area contributed by atoms with Crippen LogP contribution < -0.4 is 10.6 Å². The smallest absolute Gasteiger partial charge is 0.226 e. The van der Waals surface area contributed by atoms with E-state index in [1.807, 2.05) is 51.1 Å². The molecule has 9 unspecified atom stereocenters. The maximum Gasteiger partial charge on any atom is 0.226 e. The van der Waals surface area contributed by atoms with Crippen LogP contribution in [0.3, 0.4) is 0 Å². The number of ether oxygens (including phenoxy) is 2. The van der Waals surface area contributed by atoms with Crippen molar-refractivity contribution in [3.8, 4) is 0 Å². The van der Waals surface area contributed by atoms with Crippen molar-refractivity contribution >= 4 is 29.3 Å². The lowest BCUT2D eigenvalue weighted by Crippen LogP contribution is -2.56. The van der Waals surface area contributed by atoms with E-state index in [-0.39, 0.29) is 60.0 Å². The minimum absolute atomic E-state index is 0.0117. The van der Waals surface area contributed by atoms with E-state index in [4.69, 9.17) is 9.47 Å². The highest BCUT2D eigenvalue weighted by Gasteiger charge is 2.44. The second-order valence-electron chi connectivity index (χ2n) is 16.1. The summed E-state index contributed by atoms with van der Waals surface area (Å²) in [4.78, 5) is 71.8. The lowest BCUT2D eigenvalue weighted by molar-refractivity contribution is -0.149. The Kier molecular flexibility index (Phi) is 17.1. The number of likely N-dealkylation sites (N-methyl/N-ethyl adjacent to an activating group) is 1. The van der Waals surface area contributed by atoms with Crippen LogP contribution >= 0.6 is 0 Å². The largest absolute Gasteiger partial charge is 0.379 e. The Morgan fingerprint density at radius 2 is 1.68 bits per heavy atom. The van der Waals surface area contributed by atoms with Crippen LogP contribution in [0.1, 0.15) is 105 Å². The van der Waals surface area contributed by atoms with Gasteiger partial charge in [0.1, 0.15) is 0 Å². The molecule has 2 aliphatic rings. The van der Waals surface area contributed by atoms with Gasteiger partial charge in [-0.2, -0.15) is 0 Å². The van der Waals surface area contributed by atoms with Crippen LogP contribution in [0, 0.1) is 23.7 Å². The Labute approximate surface area is 318 Å². The van der Waals surface area contributed by atoms with E-state index in [1.54, 1.807) is 38.0 Å². The fourth-order valence-corrected chi connectivity index (χ4v) is 8.34. The molecule has 3 rings (SSSR count). The molecule has 0 bridgehead atoms. The van der Waals surface area contributed by atoms with Gasteiger partial charge in [0.15, 0.2) is 11.6 Å². The molecular formula is C42H68N4O7. The molecule has 11 nitrogen and oxygen atoms in total. The molecule has 0 aromatic heterocycles. The van der Waals surface area contributed by atoms with Crippen molar-refractivity contribution < 1.29 is 33.4 Å². The molecule has 2 aliphatic heterocycles. The van der Waals surface area contributed by atoms with Gasteiger partial charge < -0.3 is 29.9 Å². The van der Waals surface area contributed by atoms with Gasteiger partial charge in [-0.25, -0.2) is 0 Å². The summed E-state index contributed by atoms with van der Waals surface area (Å²) in [7, 11) is 4.92. The first-order chi connectivity index (χ1) is 25.1. The molecular weight excluding hydrogens is 672 g/mol. The van der Waals surface area contributed by atoms with Crippen LogP contribution in [0.25, 0.3) is 0 Å². The number of hydrogen-bond donors (Lipinski definition) is 2.